The Kier molecular flexibility index (Phi) is 4.72. The van der Waals surface area contributed by atoms with Crippen LogP contribution in [0.2, 0.25) is 0 Å². The fourth-order valence-electron chi connectivity index (χ4n) is 2.56. The maximum atomic E-state index is 13.9. The third kappa shape index (κ3) is 3.47. The molecule has 1 aromatic carbocycles. The van der Waals surface area contributed by atoms with Crippen molar-refractivity contribution >= 4 is 17.7 Å². The van der Waals surface area contributed by atoms with E-state index >= 15 is 0 Å². The molecule has 0 N–H and O–H groups in total. The van der Waals surface area contributed by atoms with E-state index in [1.165, 1.54) is 23.4 Å². The lowest BCUT2D eigenvalue weighted by Gasteiger charge is -2.20. The molecule has 0 unspecified atom stereocenters. The molecule has 0 bridgehead atoms. The Morgan fingerprint density at radius 1 is 1.36 bits per heavy atom. The predicted octanol–water partition coefficient (Wildman–Crippen LogP) is 2.12. The van der Waals surface area contributed by atoms with Crippen molar-refractivity contribution in [3.05, 3.63) is 48.3 Å². The maximum Gasteiger partial charge on any atom is 0.244 e. The van der Waals surface area contributed by atoms with Crippen molar-refractivity contribution in [2.75, 3.05) is 18.8 Å². The number of hydrogen-bond acceptors (Lipinski definition) is 4. The van der Waals surface area contributed by atoms with Crippen LogP contribution in [0.5, 0.6) is 0 Å². The van der Waals surface area contributed by atoms with Crippen molar-refractivity contribution in [2.45, 2.75) is 18.2 Å². The van der Waals surface area contributed by atoms with E-state index in [1.807, 2.05) is 17.0 Å². The van der Waals surface area contributed by atoms with Crippen molar-refractivity contribution in [1.29, 1.82) is 0 Å². The molecular formula is C15H17FN4OS. The number of carbonyl (C=O) groups excluding carboxylic acids is 1. The number of halogens is 1. The van der Waals surface area contributed by atoms with Crippen molar-refractivity contribution < 1.29 is 9.18 Å². The van der Waals surface area contributed by atoms with Gasteiger partial charge in [0, 0.05) is 29.7 Å². The number of hydrogen-bond donors (Lipinski definition) is 0. The number of benzene rings is 1. The van der Waals surface area contributed by atoms with Gasteiger partial charge in [0.15, 0.2) is 0 Å². The molecule has 1 aliphatic rings. The fraction of sp³-hybridized carbons (Fsp3) is 0.400. The van der Waals surface area contributed by atoms with Crippen molar-refractivity contribution in [3.8, 4) is 0 Å². The topological polar surface area (TPSA) is 51.0 Å². The Labute approximate surface area is 132 Å². The van der Waals surface area contributed by atoms with E-state index in [1.54, 1.807) is 17.8 Å². The van der Waals surface area contributed by atoms with Gasteiger partial charge in [-0.1, -0.05) is 18.2 Å². The molecule has 22 heavy (non-hydrogen) atoms. The first-order valence-electron chi connectivity index (χ1n) is 7.20. The van der Waals surface area contributed by atoms with Gasteiger partial charge in [-0.05, 0) is 12.5 Å². The van der Waals surface area contributed by atoms with Crippen LogP contribution < -0.4 is 0 Å². The normalized spacial score (nSPS) is 19.0. The molecule has 0 aliphatic carbocycles. The summed E-state index contributed by atoms with van der Waals surface area (Å²) in [7, 11) is 0. The average Bonchev–Trinajstić information content (AvgIpc) is 2.90. The van der Waals surface area contributed by atoms with Gasteiger partial charge in [-0.15, -0.1) is 0 Å². The van der Waals surface area contributed by atoms with Crippen LogP contribution in [-0.2, 0) is 11.3 Å². The van der Waals surface area contributed by atoms with Crippen LogP contribution in [0.1, 0.15) is 17.2 Å². The second kappa shape index (κ2) is 6.91. The Bertz CT molecular complexity index is 634. The smallest absolute Gasteiger partial charge is 0.244 e. The number of nitrogens with zero attached hydrogens (tertiary/aromatic N) is 4. The highest BCUT2D eigenvalue weighted by Gasteiger charge is 2.23. The molecule has 1 amide bonds. The van der Waals surface area contributed by atoms with E-state index in [-0.39, 0.29) is 23.5 Å². The summed E-state index contributed by atoms with van der Waals surface area (Å²) in [6, 6.07) is 6.89. The molecule has 2 heterocycles. The molecule has 0 spiro atoms. The third-order valence-corrected chi connectivity index (χ3v) is 5.02. The van der Waals surface area contributed by atoms with Crippen LogP contribution in [0.3, 0.4) is 0 Å². The number of aromatic nitrogens is 3. The second-order valence-electron chi connectivity index (χ2n) is 5.14. The lowest BCUT2D eigenvalue weighted by atomic mass is 10.1. The van der Waals surface area contributed by atoms with E-state index in [2.05, 4.69) is 10.1 Å². The summed E-state index contributed by atoms with van der Waals surface area (Å²) in [5.41, 5.74) is 0.734. The molecule has 1 atom stereocenters. The van der Waals surface area contributed by atoms with Gasteiger partial charge in [0.2, 0.25) is 5.91 Å². The van der Waals surface area contributed by atoms with Gasteiger partial charge in [-0.2, -0.15) is 16.9 Å². The van der Waals surface area contributed by atoms with Crippen LogP contribution >= 0.6 is 11.8 Å². The second-order valence-corrected chi connectivity index (χ2v) is 6.45. The standard InChI is InChI=1S/C15H17FN4OS/c16-13-4-2-1-3-12(13)14-5-6-19(7-8-22-14)15(21)9-20-11-17-10-18-20/h1-4,10-11,14H,5-9H2/t14-/m1/s1. The molecule has 7 heteroatoms. The molecule has 0 saturated carbocycles. The molecule has 0 radical (unpaired) electrons. The van der Waals surface area contributed by atoms with E-state index in [4.69, 9.17) is 0 Å². The molecule has 5 nitrogen and oxygen atoms in total. The minimum Gasteiger partial charge on any atom is -0.340 e. The summed E-state index contributed by atoms with van der Waals surface area (Å²) >= 11 is 1.71. The third-order valence-electron chi connectivity index (χ3n) is 3.71. The predicted molar refractivity (Wildman–Crippen MR) is 82.8 cm³/mol. The molecular weight excluding hydrogens is 303 g/mol. The fourth-order valence-corrected chi connectivity index (χ4v) is 3.81. The maximum absolute atomic E-state index is 13.9. The van der Waals surface area contributed by atoms with E-state index in [0.717, 1.165) is 17.7 Å². The van der Waals surface area contributed by atoms with Gasteiger partial charge >= 0.3 is 0 Å². The molecule has 3 rings (SSSR count). The number of carbonyl (C=O) groups is 1. The monoisotopic (exact) mass is 320 g/mol. The van der Waals surface area contributed by atoms with E-state index < -0.39 is 0 Å². The summed E-state index contributed by atoms with van der Waals surface area (Å²) in [5.74, 6) is 0.671. The first-order valence-corrected chi connectivity index (χ1v) is 8.25. The first kappa shape index (κ1) is 15.0. The minimum atomic E-state index is -0.164. The van der Waals surface area contributed by atoms with Crippen LogP contribution in [0.15, 0.2) is 36.9 Å². The van der Waals surface area contributed by atoms with Crippen molar-refractivity contribution in [1.82, 2.24) is 19.7 Å². The molecule has 1 fully saturated rings. The zero-order valence-corrected chi connectivity index (χ0v) is 12.9. The number of thioether (sulfide) groups is 1. The summed E-state index contributed by atoms with van der Waals surface area (Å²) in [4.78, 5) is 17.9. The number of amides is 1. The van der Waals surface area contributed by atoms with Crippen molar-refractivity contribution in [3.63, 3.8) is 0 Å². The molecule has 2 aromatic rings. The molecule has 1 aliphatic heterocycles. The Morgan fingerprint density at radius 2 is 2.23 bits per heavy atom. The zero-order valence-electron chi connectivity index (χ0n) is 12.1. The van der Waals surface area contributed by atoms with Crippen LogP contribution in [0, 0.1) is 5.82 Å². The summed E-state index contributed by atoms with van der Waals surface area (Å²) in [5, 5.41) is 4.05. The number of rotatable bonds is 3. The lowest BCUT2D eigenvalue weighted by molar-refractivity contribution is -0.131. The van der Waals surface area contributed by atoms with Gasteiger partial charge in [0.05, 0.1) is 0 Å². The Morgan fingerprint density at radius 3 is 3.00 bits per heavy atom. The molecule has 1 saturated heterocycles. The van der Waals surface area contributed by atoms with Gasteiger partial charge in [0.25, 0.3) is 0 Å². The van der Waals surface area contributed by atoms with Crippen LogP contribution in [0.25, 0.3) is 0 Å². The average molecular weight is 320 g/mol. The minimum absolute atomic E-state index is 0.0280. The SMILES string of the molecule is O=C(Cn1cncn1)N1CCS[C@@H](c2ccccc2F)CC1. The van der Waals surface area contributed by atoms with E-state index in [9.17, 15) is 9.18 Å². The van der Waals surface area contributed by atoms with Gasteiger partial charge in [-0.3, -0.25) is 4.79 Å². The molecule has 1 aromatic heterocycles. The first-order chi connectivity index (χ1) is 10.7. The largest absolute Gasteiger partial charge is 0.340 e. The Hall–Kier alpha value is -1.89. The highest BCUT2D eigenvalue weighted by Crippen LogP contribution is 2.35. The highest BCUT2D eigenvalue weighted by molar-refractivity contribution is 7.99. The molecule has 116 valence electrons. The lowest BCUT2D eigenvalue weighted by Crippen LogP contribution is -2.35. The highest BCUT2D eigenvalue weighted by atomic mass is 32.2. The van der Waals surface area contributed by atoms with Gasteiger partial charge < -0.3 is 4.90 Å². The van der Waals surface area contributed by atoms with Crippen molar-refractivity contribution in [2.24, 2.45) is 0 Å². The van der Waals surface area contributed by atoms with Crippen LogP contribution in [0.4, 0.5) is 4.39 Å². The van der Waals surface area contributed by atoms with Gasteiger partial charge in [-0.25, -0.2) is 14.1 Å². The quantitative estimate of drug-likeness (QED) is 0.869. The summed E-state index contributed by atoms with van der Waals surface area (Å²) < 4.78 is 15.4. The van der Waals surface area contributed by atoms with Gasteiger partial charge in [0.1, 0.15) is 25.0 Å². The zero-order chi connectivity index (χ0) is 15.4. The summed E-state index contributed by atoms with van der Waals surface area (Å²) in [6.07, 6.45) is 3.71. The summed E-state index contributed by atoms with van der Waals surface area (Å²) in [6.45, 7) is 1.53. The Balaban J connectivity index is 1.62. The van der Waals surface area contributed by atoms with E-state index in [0.29, 0.717) is 13.1 Å². The van der Waals surface area contributed by atoms with Crippen LogP contribution in [-0.4, -0.2) is 44.4 Å².